The van der Waals surface area contributed by atoms with Gasteiger partial charge in [-0.1, -0.05) is 6.07 Å². The number of urea groups is 1. The van der Waals surface area contributed by atoms with Gasteiger partial charge < -0.3 is 10.6 Å². The van der Waals surface area contributed by atoms with Gasteiger partial charge in [0.2, 0.25) is 0 Å². The van der Waals surface area contributed by atoms with Gasteiger partial charge >= 0.3 is 6.03 Å². The van der Waals surface area contributed by atoms with Crippen LogP contribution in [0.2, 0.25) is 0 Å². The molecular weight excluding hydrogens is 264 g/mol. The summed E-state index contributed by atoms with van der Waals surface area (Å²) in [6.45, 7) is 1.68. The van der Waals surface area contributed by atoms with Gasteiger partial charge in [-0.25, -0.2) is 13.6 Å². The monoisotopic (exact) mass is 277 g/mol. The van der Waals surface area contributed by atoms with Gasteiger partial charge in [0, 0.05) is 6.20 Å². The quantitative estimate of drug-likeness (QED) is 0.904. The van der Waals surface area contributed by atoms with Crippen LogP contribution in [0.5, 0.6) is 0 Å². The van der Waals surface area contributed by atoms with E-state index in [0.717, 1.165) is 12.1 Å². The van der Waals surface area contributed by atoms with Crippen LogP contribution in [0.1, 0.15) is 18.5 Å². The Morgan fingerprint density at radius 1 is 1.25 bits per heavy atom. The summed E-state index contributed by atoms with van der Waals surface area (Å²) in [5, 5.41) is 5.21. The average Bonchev–Trinajstić information content (AvgIpc) is 2.42. The third kappa shape index (κ3) is 3.50. The number of hydrogen-bond donors (Lipinski definition) is 2. The standard InChI is InChI=1S/C14H13F2N3O/c1-9(10-4-5-12(15)13(16)7-10)18-14(20)19-11-3-2-6-17-8-11/h2-9H,1H3,(H2,18,19,20)/t9-/m0/s1. The highest BCUT2D eigenvalue weighted by molar-refractivity contribution is 5.89. The van der Waals surface area contributed by atoms with E-state index >= 15 is 0 Å². The van der Waals surface area contributed by atoms with Gasteiger partial charge in [0.15, 0.2) is 11.6 Å². The molecule has 0 aliphatic rings. The first-order valence-corrected chi connectivity index (χ1v) is 5.99. The van der Waals surface area contributed by atoms with Gasteiger partial charge in [-0.15, -0.1) is 0 Å². The molecule has 0 aliphatic heterocycles. The lowest BCUT2D eigenvalue weighted by Gasteiger charge is -2.15. The van der Waals surface area contributed by atoms with Crippen LogP contribution >= 0.6 is 0 Å². The molecule has 0 spiro atoms. The largest absolute Gasteiger partial charge is 0.331 e. The number of pyridine rings is 1. The van der Waals surface area contributed by atoms with Gasteiger partial charge in [-0.2, -0.15) is 0 Å². The van der Waals surface area contributed by atoms with Crippen molar-refractivity contribution < 1.29 is 13.6 Å². The maximum absolute atomic E-state index is 13.1. The fraction of sp³-hybridized carbons (Fsp3) is 0.143. The Morgan fingerprint density at radius 3 is 2.70 bits per heavy atom. The zero-order chi connectivity index (χ0) is 14.5. The molecule has 2 aromatic rings. The number of rotatable bonds is 3. The first kappa shape index (κ1) is 13.9. The number of carbonyl (C=O) groups is 1. The Morgan fingerprint density at radius 2 is 2.05 bits per heavy atom. The Kier molecular flexibility index (Phi) is 4.24. The van der Waals surface area contributed by atoms with Gasteiger partial charge in [0.25, 0.3) is 0 Å². The van der Waals surface area contributed by atoms with Crippen LogP contribution < -0.4 is 10.6 Å². The molecule has 0 radical (unpaired) electrons. The van der Waals surface area contributed by atoms with Crippen LogP contribution in [0.15, 0.2) is 42.7 Å². The zero-order valence-electron chi connectivity index (χ0n) is 10.7. The minimum atomic E-state index is -0.941. The third-order valence-electron chi connectivity index (χ3n) is 2.71. The van der Waals surface area contributed by atoms with E-state index in [2.05, 4.69) is 15.6 Å². The van der Waals surface area contributed by atoms with E-state index in [-0.39, 0.29) is 0 Å². The molecule has 104 valence electrons. The summed E-state index contributed by atoms with van der Waals surface area (Å²) in [6, 6.07) is 5.99. The molecule has 2 amide bonds. The Bertz CT molecular complexity index is 605. The first-order valence-electron chi connectivity index (χ1n) is 5.99. The van der Waals surface area contributed by atoms with E-state index in [4.69, 9.17) is 0 Å². The molecule has 2 rings (SSSR count). The maximum atomic E-state index is 13.1. The van der Waals surface area contributed by atoms with Crippen molar-refractivity contribution in [3.05, 3.63) is 59.9 Å². The van der Waals surface area contributed by atoms with Crippen molar-refractivity contribution in [2.24, 2.45) is 0 Å². The summed E-state index contributed by atoms with van der Waals surface area (Å²) in [4.78, 5) is 15.6. The maximum Gasteiger partial charge on any atom is 0.319 e. The number of nitrogens with one attached hydrogen (secondary N) is 2. The van der Waals surface area contributed by atoms with Crippen LogP contribution in [-0.4, -0.2) is 11.0 Å². The molecule has 0 saturated heterocycles. The molecule has 1 atom stereocenters. The molecule has 1 aromatic carbocycles. The fourth-order valence-corrected chi connectivity index (χ4v) is 1.67. The summed E-state index contributed by atoms with van der Waals surface area (Å²) in [6.07, 6.45) is 3.09. The van der Waals surface area contributed by atoms with Crippen LogP contribution in [0, 0.1) is 11.6 Å². The van der Waals surface area contributed by atoms with E-state index < -0.39 is 23.7 Å². The predicted octanol–water partition coefficient (Wildman–Crippen LogP) is 3.24. The highest BCUT2D eigenvalue weighted by atomic mass is 19.2. The number of anilines is 1. The Hall–Kier alpha value is -2.50. The van der Waals surface area contributed by atoms with Gasteiger partial charge in [0.05, 0.1) is 17.9 Å². The van der Waals surface area contributed by atoms with Crippen molar-refractivity contribution in [1.29, 1.82) is 0 Å². The van der Waals surface area contributed by atoms with Crippen molar-refractivity contribution in [2.75, 3.05) is 5.32 Å². The molecule has 4 nitrogen and oxygen atoms in total. The smallest absolute Gasteiger partial charge is 0.319 e. The van der Waals surface area contributed by atoms with E-state index in [1.54, 1.807) is 25.3 Å². The van der Waals surface area contributed by atoms with Crippen LogP contribution in [0.3, 0.4) is 0 Å². The molecule has 0 aliphatic carbocycles. The van der Waals surface area contributed by atoms with Crippen molar-refractivity contribution >= 4 is 11.7 Å². The van der Waals surface area contributed by atoms with Gasteiger partial charge in [0.1, 0.15) is 0 Å². The predicted molar refractivity (Wildman–Crippen MR) is 71.2 cm³/mol. The lowest BCUT2D eigenvalue weighted by Crippen LogP contribution is -2.31. The van der Waals surface area contributed by atoms with Crippen LogP contribution in [0.4, 0.5) is 19.3 Å². The topological polar surface area (TPSA) is 54.0 Å². The van der Waals surface area contributed by atoms with Crippen LogP contribution in [0.25, 0.3) is 0 Å². The molecule has 6 heteroatoms. The molecule has 2 N–H and O–H groups in total. The summed E-state index contributed by atoms with van der Waals surface area (Å²) >= 11 is 0. The number of hydrogen-bond acceptors (Lipinski definition) is 2. The Balaban J connectivity index is 1.98. The number of halogens is 2. The fourth-order valence-electron chi connectivity index (χ4n) is 1.67. The molecular formula is C14H13F2N3O. The van der Waals surface area contributed by atoms with Crippen molar-refractivity contribution in [3.8, 4) is 0 Å². The molecule has 20 heavy (non-hydrogen) atoms. The number of amides is 2. The van der Waals surface area contributed by atoms with Gasteiger partial charge in [-0.3, -0.25) is 4.98 Å². The highest BCUT2D eigenvalue weighted by Gasteiger charge is 2.12. The average molecular weight is 277 g/mol. The number of carbonyl (C=O) groups excluding carboxylic acids is 1. The number of aromatic nitrogens is 1. The highest BCUT2D eigenvalue weighted by Crippen LogP contribution is 2.16. The molecule has 0 bridgehead atoms. The normalized spacial score (nSPS) is 11.8. The molecule has 0 fully saturated rings. The molecule has 0 unspecified atom stereocenters. The summed E-state index contributed by atoms with van der Waals surface area (Å²) in [5.41, 5.74) is 1.02. The summed E-state index contributed by atoms with van der Waals surface area (Å²) in [7, 11) is 0. The minimum absolute atomic E-state index is 0.449. The minimum Gasteiger partial charge on any atom is -0.331 e. The van der Waals surface area contributed by atoms with E-state index in [1.807, 2.05) is 0 Å². The van der Waals surface area contributed by atoms with Crippen LogP contribution in [-0.2, 0) is 0 Å². The second-order valence-electron chi connectivity index (χ2n) is 4.24. The SMILES string of the molecule is C[C@H](NC(=O)Nc1cccnc1)c1ccc(F)c(F)c1. The van der Waals surface area contributed by atoms with Crippen molar-refractivity contribution in [2.45, 2.75) is 13.0 Å². The summed E-state index contributed by atoms with van der Waals surface area (Å²) in [5.74, 6) is -1.86. The van der Waals surface area contributed by atoms with E-state index in [0.29, 0.717) is 11.3 Å². The van der Waals surface area contributed by atoms with Crippen molar-refractivity contribution in [3.63, 3.8) is 0 Å². The number of nitrogens with zero attached hydrogens (tertiary/aromatic N) is 1. The second kappa shape index (κ2) is 6.10. The molecule has 1 aromatic heterocycles. The third-order valence-corrected chi connectivity index (χ3v) is 2.71. The zero-order valence-corrected chi connectivity index (χ0v) is 10.7. The van der Waals surface area contributed by atoms with E-state index in [9.17, 15) is 13.6 Å². The van der Waals surface area contributed by atoms with E-state index in [1.165, 1.54) is 12.3 Å². The Labute approximate surface area is 114 Å². The molecule has 1 heterocycles. The lowest BCUT2D eigenvalue weighted by atomic mass is 10.1. The van der Waals surface area contributed by atoms with Gasteiger partial charge in [-0.05, 0) is 36.8 Å². The molecule has 0 saturated carbocycles. The first-order chi connectivity index (χ1) is 9.56. The second-order valence-corrected chi connectivity index (χ2v) is 4.24. The summed E-state index contributed by atoms with van der Waals surface area (Å²) < 4.78 is 25.9. The number of benzene rings is 1. The van der Waals surface area contributed by atoms with Crippen molar-refractivity contribution in [1.82, 2.24) is 10.3 Å². The lowest BCUT2D eigenvalue weighted by molar-refractivity contribution is 0.249.